The van der Waals surface area contributed by atoms with E-state index in [1.807, 2.05) is 6.07 Å². The zero-order valence-corrected chi connectivity index (χ0v) is 15.5. The largest absolute Gasteiger partial charge is 0.484 e. The summed E-state index contributed by atoms with van der Waals surface area (Å²) >= 11 is 0. The molecule has 150 valence electrons. The predicted octanol–water partition coefficient (Wildman–Crippen LogP) is 1.32. The fourth-order valence-corrected chi connectivity index (χ4v) is 3.10. The van der Waals surface area contributed by atoms with Crippen LogP contribution >= 0.6 is 0 Å². The van der Waals surface area contributed by atoms with Gasteiger partial charge in [-0.25, -0.2) is 0 Å². The number of benzene rings is 2. The molecule has 0 atom stereocenters. The number of amides is 3. The zero-order chi connectivity index (χ0) is 21.3. The molecule has 0 saturated carbocycles. The molecule has 1 aliphatic heterocycles. The lowest BCUT2D eigenvalue weighted by Crippen LogP contribution is -2.24. The molecular formula is C21H16N4O5. The Hall–Kier alpha value is -4.40. The topological polar surface area (TPSA) is 133 Å². The van der Waals surface area contributed by atoms with Crippen molar-refractivity contribution in [2.24, 2.45) is 0 Å². The Kier molecular flexibility index (Phi) is 4.77. The summed E-state index contributed by atoms with van der Waals surface area (Å²) in [6, 6.07) is 16.3. The normalized spacial score (nSPS) is 12.3. The van der Waals surface area contributed by atoms with Gasteiger partial charge in [0.25, 0.3) is 23.3 Å². The van der Waals surface area contributed by atoms with E-state index in [9.17, 15) is 19.2 Å². The van der Waals surface area contributed by atoms with E-state index in [1.54, 1.807) is 48.5 Å². The lowest BCUT2D eigenvalue weighted by Gasteiger charge is -2.13. The van der Waals surface area contributed by atoms with Crippen LogP contribution in [0.3, 0.4) is 0 Å². The molecule has 9 heteroatoms. The van der Waals surface area contributed by atoms with Gasteiger partial charge in [-0.05, 0) is 36.4 Å². The number of ether oxygens (including phenoxy) is 1. The van der Waals surface area contributed by atoms with Gasteiger partial charge in [0.2, 0.25) is 0 Å². The average Bonchev–Trinajstić information content (AvgIpc) is 3.02. The van der Waals surface area contributed by atoms with Gasteiger partial charge in [-0.3, -0.25) is 29.1 Å². The lowest BCUT2D eigenvalue weighted by atomic mass is 10.1. The van der Waals surface area contributed by atoms with Crippen molar-refractivity contribution < 1.29 is 19.1 Å². The summed E-state index contributed by atoms with van der Waals surface area (Å²) in [5.74, 6) is -1.20. The van der Waals surface area contributed by atoms with Gasteiger partial charge < -0.3 is 15.8 Å². The van der Waals surface area contributed by atoms with Gasteiger partial charge in [0.05, 0.1) is 16.8 Å². The number of para-hydroxylation sites is 1. The maximum atomic E-state index is 12.4. The number of nitrogen functional groups attached to an aromatic ring is 1. The van der Waals surface area contributed by atoms with Gasteiger partial charge in [0.1, 0.15) is 11.6 Å². The number of anilines is 2. The molecule has 30 heavy (non-hydrogen) atoms. The predicted molar refractivity (Wildman–Crippen MR) is 109 cm³/mol. The summed E-state index contributed by atoms with van der Waals surface area (Å²) in [7, 11) is 0. The maximum absolute atomic E-state index is 12.4. The van der Waals surface area contributed by atoms with Crippen molar-refractivity contribution in [2.75, 3.05) is 17.7 Å². The van der Waals surface area contributed by atoms with E-state index >= 15 is 0 Å². The highest BCUT2D eigenvalue weighted by molar-refractivity contribution is 6.23. The third-order valence-electron chi connectivity index (χ3n) is 4.48. The van der Waals surface area contributed by atoms with Gasteiger partial charge in [-0.2, -0.15) is 0 Å². The Balaban J connectivity index is 1.51. The summed E-state index contributed by atoms with van der Waals surface area (Å²) < 4.78 is 6.51. The number of hydrogen-bond donors (Lipinski definition) is 3. The molecular weight excluding hydrogens is 388 g/mol. The summed E-state index contributed by atoms with van der Waals surface area (Å²) in [5, 5.41) is 4.80. The van der Waals surface area contributed by atoms with Crippen LogP contribution in [-0.4, -0.2) is 28.9 Å². The summed E-state index contributed by atoms with van der Waals surface area (Å²) in [6.07, 6.45) is 0. The number of imide groups is 1. The van der Waals surface area contributed by atoms with Gasteiger partial charge >= 0.3 is 0 Å². The van der Waals surface area contributed by atoms with Crippen LogP contribution in [0.1, 0.15) is 20.7 Å². The van der Waals surface area contributed by atoms with E-state index in [0.29, 0.717) is 17.1 Å². The Morgan fingerprint density at radius 3 is 2.40 bits per heavy atom. The number of aromatic nitrogens is 1. The lowest BCUT2D eigenvalue weighted by molar-refractivity contribution is -0.118. The minimum Gasteiger partial charge on any atom is -0.484 e. The van der Waals surface area contributed by atoms with Crippen LogP contribution in [0.15, 0.2) is 65.5 Å². The number of fused-ring (bicyclic) bond motifs is 1. The van der Waals surface area contributed by atoms with Crippen molar-refractivity contribution in [1.29, 1.82) is 0 Å². The summed E-state index contributed by atoms with van der Waals surface area (Å²) in [6.45, 7) is -0.161. The molecule has 3 amide bonds. The van der Waals surface area contributed by atoms with Gasteiger partial charge in [-0.1, -0.05) is 18.2 Å². The van der Waals surface area contributed by atoms with Crippen molar-refractivity contribution in [1.82, 2.24) is 9.88 Å². The fourth-order valence-electron chi connectivity index (χ4n) is 3.10. The molecule has 1 aromatic heterocycles. The summed E-state index contributed by atoms with van der Waals surface area (Å²) in [4.78, 5) is 48.2. The highest BCUT2D eigenvalue weighted by atomic mass is 16.5. The average molecular weight is 404 g/mol. The van der Waals surface area contributed by atoms with Crippen LogP contribution < -0.4 is 26.7 Å². The molecule has 0 spiro atoms. The monoisotopic (exact) mass is 404 g/mol. The molecule has 0 bridgehead atoms. The van der Waals surface area contributed by atoms with Gasteiger partial charge in [-0.15, -0.1) is 0 Å². The number of carbonyl (C=O) groups is 3. The molecule has 2 heterocycles. The van der Waals surface area contributed by atoms with Crippen molar-refractivity contribution in [3.05, 3.63) is 82.1 Å². The van der Waals surface area contributed by atoms with Crippen molar-refractivity contribution in [3.63, 3.8) is 0 Å². The van der Waals surface area contributed by atoms with E-state index in [2.05, 4.69) is 10.6 Å². The third kappa shape index (κ3) is 3.51. The number of hydrogen-bond acceptors (Lipinski definition) is 6. The Morgan fingerprint density at radius 2 is 1.70 bits per heavy atom. The quantitative estimate of drug-likeness (QED) is 0.550. The minimum atomic E-state index is -0.651. The highest BCUT2D eigenvalue weighted by Crippen LogP contribution is 2.23. The third-order valence-corrected chi connectivity index (χ3v) is 4.48. The van der Waals surface area contributed by atoms with Crippen LogP contribution in [0.5, 0.6) is 5.75 Å². The summed E-state index contributed by atoms with van der Waals surface area (Å²) in [5.41, 5.74) is 6.24. The molecule has 0 aliphatic carbocycles. The molecule has 4 N–H and O–H groups in total. The highest BCUT2D eigenvalue weighted by Gasteiger charge is 2.31. The fraction of sp³-hybridized carbons (Fsp3) is 0.0476. The van der Waals surface area contributed by atoms with Gasteiger partial charge in [0.15, 0.2) is 6.61 Å². The standard InChI is InChI=1S/C21H16N4O5/c22-19-18-15(20(28)24-21(18)29)10-17(27)25(19)13-8-6-12(7-9-13)23-16(26)11-30-14-4-2-1-3-5-14/h1-10H,11,22H2,(H,23,26)(H,24,28,29). The van der Waals surface area contributed by atoms with E-state index in [-0.39, 0.29) is 29.5 Å². The first-order chi connectivity index (χ1) is 14.4. The number of nitrogens with zero attached hydrogens (tertiary/aromatic N) is 1. The van der Waals surface area contributed by atoms with Crippen LogP contribution in [0.25, 0.3) is 5.69 Å². The molecule has 4 rings (SSSR count). The number of carbonyl (C=O) groups excluding carboxylic acids is 3. The van der Waals surface area contributed by atoms with Crippen LogP contribution in [-0.2, 0) is 4.79 Å². The Labute approximate surface area is 170 Å². The van der Waals surface area contributed by atoms with Gasteiger partial charge in [0, 0.05) is 11.8 Å². The van der Waals surface area contributed by atoms with Crippen LogP contribution in [0.4, 0.5) is 11.5 Å². The Bertz CT molecular complexity index is 1220. The van der Waals surface area contributed by atoms with Crippen LogP contribution in [0, 0.1) is 0 Å². The van der Waals surface area contributed by atoms with Crippen molar-refractivity contribution in [2.45, 2.75) is 0 Å². The molecule has 3 aromatic rings. The first-order valence-corrected chi connectivity index (χ1v) is 8.93. The first-order valence-electron chi connectivity index (χ1n) is 8.93. The minimum absolute atomic E-state index is 0.0324. The molecule has 9 nitrogen and oxygen atoms in total. The second kappa shape index (κ2) is 7.55. The van der Waals surface area contributed by atoms with E-state index in [1.165, 1.54) is 0 Å². The van der Waals surface area contributed by atoms with E-state index < -0.39 is 17.4 Å². The van der Waals surface area contributed by atoms with E-state index in [4.69, 9.17) is 10.5 Å². The molecule has 2 aromatic carbocycles. The van der Waals surface area contributed by atoms with Crippen molar-refractivity contribution >= 4 is 29.2 Å². The number of nitrogens with one attached hydrogen (secondary N) is 2. The van der Waals surface area contributed by atoms with E-state index in [0.717, 1.165) is 10.6 Å². The SMILES string of the molecule is Nc1c2c(cc(=O)n1-c1ccc(NC(=O)COc3ccccc3)cc1)C(=O)NC2=O. The number of rotatable bonds is 5. The number of pyridine rings is 1. The molecule has 0 radical (unpaired) electrons. The number of nitrogens with two attached hydrogens (primary N) is 1. The molecule has 0 unspecified atom stereocenters. The second-order valence-corrected chi connectivity index (χ2v) is 6.47. The molecule has 1 aliphatic rings. The first kappa shape index (κ1) is 18.9. The smallest absolute Gasteiger partial charge is 0.262 e. The van der Waals surface area contributed by atoms with Crippen LogP contribution in [0.2, 0.25) is 0 Å². The molecule has 0 saturated heterocycles. The van der Waals surface area contributed by atoms with Crippen molar-refractivity contribution in [3.8, 4) is 11.4 Å². The molecule has 0 fully saturated rings. The second-order valence-electron chi connectivity index (χ2n) is 6.47. The Morgan fingerprint density at radius 1 is 1.00 bits per heavy atom. The maximum Gasteiger partial charge on any atom is 0.262 e. The zero-order valence-electron chi connectivity index (χ0n) is 15.5.